The number of hydrogen-bond donors (Lipinski definition) is 2. The Morgan fingerprint density at radius 2 is 1.72 bits per heavy atom. The van der Waals surface area contributed by atoms with Crippen molar-refractivity contribution in [2.24, 2.45) is 4.99 Å². The van der Waals surface area contributed by atoms with E-state index in [0.717, 1.165) is 84.8 Å². The smallest absolute Gasteiger partial charge is 0.326 e. The summed E-state index contributed by atoms with van der Waals surface area (Å²) in [6.07, 6.45) is 8.18. The number of benzene rings is 4. The van der Waals surface area contributed by atoms with E-state index in [1.165, 1.54) is 5.56 Å². The molecule has 50 heavy (non-hydrogen) atoms. The first-order valence-electron chi connectivity index (χ1n) is 17.4. The minimum absolute atomic E-state index is 0.0176. The predicted molar refractivity (Wildman–Crippen MR) is 197 cm³/mol. The van der Waals surface area contributed by atoms with E-state index in [-0.39, 0.29) is 17.6 Å². The van der Waals surface area contributed by atoms with Crippen molar-refractivity contribution in [3.63, 3.8) is 0 Å². The van der Waals surface area contributed by atoms with E-state index < -0.39 is 0 Å². The average Bonchev–Trinajstić information content (AvgIpc) is 3.81. The van der Waals surface area contributed by atoms with Crippen LogP contribution < -0.4 is 15.9 Å². The Morgan fingerprint density at radius 3 is 2.52 bits per heavy atom. The lowest BCUT2D eigenvalue weighted by molar-refractivity contribution is 0.0952. The lowest BCUT2D eigenvalue weighted by Gasteiger charge is -2.33. The zero-order valence-corrected chi connectivity index (χ0v) is 27.9. The van der Waals surface area contributed by atoms with E-state index in [9.17, 15) is 9.59 Å². The summed E-state index contributed by atoms with van der Waals surface area (Å²) in [6.45, 7) is 4.73. The van der Waals surface area contributed by atoms with E-state index in [1.807, 2.05) is 76.0 Å². The maximum absolute atomic E-state index is 13.1. The molecule has 252 valence electrons. The average molecular weight is 665 g/mol. The van der Waals surface area contributed by atoms with Gasteiger partial charge in [0.15, 0.2) is 0 Å². The van der Waals surface area contributed by atoms with Crippen LogP contribution in [0.15, 0.2) is 126 Å². The Balaban J connectivity index is 0.946. The number of carbonyl (C=O) groups is 1. The van der Waals surface area contributed by atoms with Crippen LogP contribution in [0.3, 0.4) is 0 Å². The van der Waals surface area contributed by atoms with Crippen molar-refractivity contribution in [3.05, 3.63) is 149 Å². The zero-order valence-electron chi connectivity index (χ0n) is 27.9. The number of piperidine rings is 1. The minimum Gasteiger partial charge on any atom is -0.352 e. The number of amides is 1. The molecule has 2 aromatic heterocycles. The Hall–Kier alpha value is -5.74. The fraction of sp³-hybridized carbons (Fsp3) is 0.250. The first-order valence-corrected chi connectivity index (χ1v) is 17.4. The summed E-state index contributed by atoms with van der Waals surface area (Å²) >= 11 is 0. The van der Waals surface area contributed by atoms with Crippen molar-refractivity contribution < 1.29 is 4.79 Å². The van der Waals surface area contributed by atoms with Crippen LogP contribution in [0.5, 0.6) is 0 Å². The third kappa shape index (κ3) is 6.62. The number of fused-ring (bicyclic) bond motifs is 2. The van der Waals surface area contributed by atoms with Gasteiger partial charge in [-0.15, -0.1) is 0 Å². The van der Waals surface area contributed by atoms with Crippen LogP contribution in [-0.4, -0.2) is 55.4 Å². The molecule has 6 aromatic rings. The lowest BCUT2D eigenvalue weighted by atomic mass is 10.0. The molecule has 10 heteroatoms. The molecule has 0 bridgehead atoms. The molecule has 0 radical (unpaired) electrons. The molecule has 0 saturated carbocycles. The lowest BCUT2D eigenvalue weighted by Crippen LogP contribution is -2.36. The molecular formula is C40H40N8O2. The number of anilines is 1. The van der Waals surface area contributed by atoms with Gasteiger partial charge >= 0.3 is 5.69 Å². The number of hydrogen-bond acceptors (Lipinski definition) is 6. The number of para-hydroxylation sites is 2. The second-order valence-electron chi connectivity index (χ2n) is 13.1. The number of carbonyl (C=O) groups excluding carboxylic acids is 1. The standard InChI is InChI=1S/C40H40N8O2/c49-39(42-19-6-21-46-24-20-41-28-46)31-13-16-35-32(25-31)27-47(38(43-35)30-7-2-1-3-8-30)33-14-11-29(12-15-33)26-45-22-17-34(18-23-45)48-37-10-5-4-9-36(37)44-40(48)50/h1-5,7-16,20,24-25,28,34H,6,17-19,21-23,26-27H2,(H,42,49)(H,44,50). The van der Waals surface area contributed by atoms with Crippen molar-refractivity contribution >= 4 is 34.2 Å². The van der Waals surface area contributed by atoms with Gasteiger partial charge in [0, 0.05) is 68.0 Å². The van der Waals surface area contributed by atoms with Crippen LogP contribution in [-0.2, 0) is 19.6 Å². The van der Waals surface area contributed by atoms with Gasteiger partial charge in [0.05, 0.1) is 29.6 Å². The van der Waals surface area contributed by atoms with Gasteiger partial charge in [0.25, 0.3) is 5.91 Å². The van der Waals surface area contributed by atoms with Gasteiger partial charge < -0.3 is 19.8 Å². The van der Waals surface area contributed by atoms with Gasteiger partial charge in [0.2, 0.25) is 0 Å². The molecule has 0 spiro atoms. The molecule has 4 aromatic carbocycles. The molecule has 2 aliphatic rings. The molecule has 4 heterocycles. The monoisotopic (exact) mass is 664 g/mol. The number of aryl methyl sites for hydroxylation is 1. The summed E-state index contributed by atoms with van der Waals surface area (Å²) in [6, 6.07) is 33.0. The molecule has 10 nitrogen and oxygen atoms in total. The highest BCUT2D eigenvalue weighted by Gasteiger charge is 2.25. The SMILES string of the molecule is O=C(NCCCn1ccnc1)c1ccc2c(c1)CN(c1ccc(CN3CCC(n4c(=O)[nH]c5ccccc54)CC3)cc1)C(c1ccccc1)=N2. The predicted octanol–water partition coefficient (Wildman–Crippen LogP) is 6.28. The normalized spacial score (nSPS) is 15.2. The molecule has 0 aliphatic carbocycles. The van der Waals surface area contributed by atoms with Crippen LogP contribution in [0.2, 0.25) is 0 Å². The van der Waals surface area contributed by atoms with E-state index in [1.54, 1.807) is 12.5 Å². The number of imidazole rings is 2. The number of rotatable bonds is 10. The summed E-state index contributed by atoms with van der Waals surface area (Å²) in [5, 5.41) is 3.06. The molecule has 0 atom stereocenters. The summed E-state index contributed by atoms with van der Waals surface area (Å²) in [5.41, 5.74) is 7.74. The number of nitrogens with zero attached hydrogens (tertiary/aromatic N) is 6. The molecule has 1 fully saturated rings. The van der Waals surface area contributed by atoms with Crippen molar-refractivity contribution in [1.29, 1.82) is 0 Å². The second kappa shape index (κ2) is 14.0. The Morgan fingerprint density at radius 1 is 0.920 bits per heavy atom. The van der Waals surface area contributed by atoms with Crippen molar-refractivity contribution in [2.45, 2.75) is 44.9 Å². The topological polar surface area (TPSA) is 104 Å². The third-order valence-electron chi connectivity index (χ3n) is 9.82. The van der Waals surface area contributed by atoms with Crippen molar-refractivity contribution in [2.75, 3.05) is 24.5 Å². The number of likely N-dealkylation sites (tertiary alicyclic amines) is 1. The number of nitrogens with one attached hydrogen (secondary N) is 2. The quantitative estimate of drug-likeness (QED) is 0.168. The van der Waals surface area contributed by atoms with Crippen LogP contribution in [0, 0.1) is 0 Å². The number of aromatic amines is 1. The molecule has 0 unspecified atom stereocenters. The van der Waals surface area contributed by atoms with Crippen LogP contribution >= 0.6 is 0 Å². The molecule has 1 amide bonds. The number of H-pyrrole nitrogens is 1. The molecular weight excluding hydrogens is 624 g/mol. The van der Waals surface area contributed by atoms with E-state index >= 15 is 0 Å². The summed E-state index contributed by atoms with van der Waals surface area (Å²) < 4.78 is 3.96. The largest absolute Gasteiger partial charge is 0.352 e. The van der Waals surface area contributed by atoms with Crippen LogP contribution in [0.1, 0.15) is 52.4 Å². The Bertz CT molecular complexity index is 2180. The van der Waals surface area contributed by atoms with Crippen molar-refractivity contribution in [1.82, 2.24) is 29.3 Å². The van der Waals surface area contributed by atoms with E-state index in [4.69, 9.17) is 4.99 Å². The Kier molecular flexibility index (Phi) is 8.83. The van der Waals surface area contributed by atoms with E-state index in [2.05, 4.69) is 61.5 Å². The first-order chi connectivity index (χ1) is 24.6. The fourth-order valence-corrected chi connectivity index (χ4v) is 7.20. The van der Waals surface area contributed by atoms with Gasteiger partial charge in [-0.05, 0) is 72.9 Å². The molecule has 8 rings (SSSR count). The minimum atomic E-state index is -0.0790. The molecule has 2 aliphatic heterocycles. The maximum Gasteiger partial charge on any atom is 0.326 e. The van der Waals surface area contributed by atoms with Crippen molar-refractivity contribution in [3.8, 4) is 0 Å². The fourth-order valence-electron chi connectivity index (χ4n) is 7.20. The Labute approximate surface area is 290 Å². The highest BCUT2D eigenvalue weighted by molar-refractivity contribution is 6.12. The number of aliphatic imine (C=N–C) groups is 1. The second-order valence-corrected chi connectivity index (χ2v) is 13.1. The van der Waals surface area contributed by atoms with Gasteiger partial charge in [-0.25, -0.2) is 14.8 Å². The molecule has 2 N–H and O–H groups in total. The van der Waals surface area contributed by atoms with Crippen LogP contribution in [0.4, 0.5) is 11.4 Å². The summed E-state index contributed by atoms with van der Waals surface area (Å²) in [5.74, 6) is 0.807. The maximum atomic E-state index is 13.1. The van der Waals surface area contributed by atoms with Gasteiger partial charge in [-0.1, -0.05) is 54.6 Å². The summed E-state index contributed by atoms with van der Waals surface area (Å²) in [4.78, 5) is 42.7. The van der Waals surface area contributed by atoms with E-state index in [0.29, 0.717) is 18.7 Å². The van der Waals surface area contributed by atoms with Gasteiger partial charge in [-0.2, -0.15) is 0 Å². The summed E-state index contributed by atoms with van der Waals surface area (Å²) in [7, 11) is 0. The molecule has 1 saturated heterocycles. The highest BCUT2D eigenvalue weighted by atomic mass is 16.2. The number of aromatic nitrogens is 4. The highest BCUT2D eigenvalue weighted by Crippen LogP contribution is 2.33. The third-order valence-corrected chi connectivity index (χ3v) is 9.82. The first kappa shape index (κ1) is 31.5. The van der Waals surface area contributed by atoms with Gasteiger partial charge in [-0.3, -0.25) is 14.3 Å². The van der Waals surface area contributed by atoms with Gasteiger partial charge in [0.1, 0.15) is 5.84 Å². The number of amidine groups is 1. The zero-order chi connectivity index (χ0) is 33.9. The van der Waals surface area contributed by atoms with Crippen LogP contribution in [0.25, 0.3) is 11.0 Å².